The van der Waals surface area contributed by atoms with Crippen LogP contribution >= 0.6 is 24.0 Å². The Bertz CT molecular complexity index is 997. The summed E-state index contributed by atoms with van der Waals surface area (Å²) in [6.07, 6.45) is 2.43. The summed E-state index contributed by atoms with van der Waals surface area (Å²) >= 11 is 6.81. The van der Waals surface area contributed by atoms with Crippen molar-refractivity contribution in [3.05, 3.63) is 82.3 Å². The van der Waals surface area contributed by atoms with Gasteiger partial charge in [-0.3, -0.25) is 14.5 Å². The number of nitrogens with zero attached hydrogens (tertiary/aromatic N) is 2. The summed E-state index contributed by atoms with van der Waals surface area (Å²) in [6.45, 7) is 4.12. The lowest BCUT2D eigenvalue weighted by Crippen LogP contribution is -2.39. The maximum Gasteiger partial charge on any atom is 0.266 e. The molecule has 2 aliphatic heterocycles. The minimum atomic E-state index is -0.163. The Labute approximate surface area is 193 Å². The molecule has 0 bridgehead atoms. The van der Waals surface area contributed by atoms with E-state index in [-0.39, 0.29) is 11.8 Å². The number of piperidine rings is 1. The van der Waals surface area contributed by atoms with Crippen molar-refractivity contribution in [1.82, 2.24) is 9.80 Å². The summed E-state index contributed by atoms with van der Waals surface area (Å²) in [4.78, 5) is 30.9. The van der Waals surface area contributed by atoms with Gasteiger partial charge in [-0.15, -0.1) is 0 Å². The van der Waals surface area contributed by atoms with Gasteiger partial charge in [-0.05, 0) is 29.9 Å². The van der Waals surface area contributed by atoms with Crippen molar-refractivity contribution in [2.24, 2.45) is 5.92 Å². The molecule has 2 fully saturated rings. The molecule has 2 saturated heterocycles. The lowest BCUT2D eigenvalue weighted by Gasteiger charge is -2.31. The van der Waals surface area contributed by atoms with E-state index >= 15 is 0 Å². The predicted molar refractivity (Wildman–Crippen MR) is 129 cm³/mol. The average molecular weight is 451 g/mol. The first-order valence-corrected chi connectivity index (χ1v) is 11.9. The molecule has 2 amide bonds. The number of hydrogen-bond donors (Lipinski definition) is 0. The molecule has 0 spiro atoms. The van der Waals surface area contributed by atoms with Crippen LogP contribution in [-0.2, 0) is 22.6 Å². The second-order valence-electron chi connectivity index (χ2n) is 8.19. The van der Waals surface area contributed by atoms with Crippen LogP contribution in [-0.4, -0.2) is 39.0 Å². The quantitative estimate of drug-likeness (QED) is 0.485. The summed E-state index contributed by atoms with van der Waals surface area (Å²) in [5.74, 6) is 0.435. The third-order valence-corrected chi connectivity index (χ3v) is 7.35. The molecule has 0 aromatic heterocycles. The summed E-state index contributed by atoms with van der Waals surface area (Å²) in [6, 6.07) is 19.7. The minimum Gasteiger partial charge on any atom is -0.339 e. The standard InChI is InChI=1S/C25H26N2O2S2/c1-18-12-14-26(15-13-18)23(28)21(16-19-8-4-2-5-9-19)22-24(29)27(25(30)31-22)17-20-10-6-3-7-11-20/h2-11,18H,12-17H2,1H3/b22-21+. The van der Waals surface area contributed by atoms with Crippen LogP contribution in [0.15, 0.2) is 71.1 Å². The van der Waals surface area contributed by atoms with Crippen LogP contribution in [0.4, 0.5) is 0 Å². The van der Waals surface area contributed by atoms with E-state index in [9.17, 15) is 9.59 Å². The van der Waals surface area contributed by atoms with E-state index in [0.29, 0.717) is 33.7 Å². The van der Waals surface area contributed by atoms with E-state index < -0.39 is 0 Å². The van der Waals surface area contributed by atoms with Crippen molar-refractivity contribution in [3.63, 3.8) is 0 Å². The molecule has 0 unspecified atom stereocenters. The minimum absolute atomic E-state index is 0.0315. The van der Waals surface area contributed by atoms with Crippen LogP contribution in [0.3, 0.4) is 0 Å². The highest BCUT2D eigenvalue weighted by molar-refractivity contribution is 8.26. The molecule has 31 heavy (non-hydrogen) atoms. The predicted octanol–water partition coefficient (Wildman–Crippen LogP) is 4.80. The third kappa shape index (κ3) is 5.08. The zero-order chi connectivity index (χ0) is 21.8. The van der Waals surface area contributed by atoms with Gasteiger partial charge < -0.3 is 4.90 Å². The van der Waals surface area contributed by atoms with Crippen LogP contribution in [0, 0.1) is 5.92 Å². The van der Waals surface area contributed by atoms with Gasteiger partial charge in [0.2, 0.25) is 0 Å². The van der Waals surface area contributed by atoms with Crippen LogP contribution in [0.2, 0.25) is 0 Å². The Kier molecular flexibility index (Phi) is 6.88. The number of likely N-dealkylation sites (tertiary alicyclic amines) is 1. The highest BCUT2D eigenvalue weighted by Gasteiger charge is 2.37. The second-order valence-corrected chi connectivity index (χ2v) is 9.83. The Hall–Kier alpha value is -2.44. The second kappa shape index (κ2) is 9.79. The Morgan fingerprint density at radius 1 is 1.00 bits per heavy atom. The molecule has 0 atom stereocenters. The largest absolute Gasteiger partial charge is 0.339 e. The van der Waals surface area contributed by atoms with E-state index in [4.69, 9.17) is 12.2 Å². The fourth-order valence-electron chi connectivity index (χ4n) is 3.94. The fraction of sp³-hybridized carbons (Fsp3) is 0.320. The zero-order valence-corrected chi connectivity index (χ0v) is 19.3. The first kappa shape index (κ1) is 21.8. The number of thioether (sulfide) groups is 1. The van der Waals surface area contributed by atoms with Gasteiger partial charge in [0.15, 0.2) is 0 Å². The van der Waals surface area contributed by atoms with Crippen LogP contribution < -0.4 is 0 Å². The van der Waals surface area contributed by atoms with Crippen molar-refractivity contribution < 1.29 is 9.59 Å². The molecule has 160 valence electrons. The number of rotatable bonds is 5. The maximum atomic E-state index is 13.6. The summed E-state index contributed by atoms with van der Waals surface area (Å²) in [5, 5.41) is 0. The molecule has 4 nitrogen and oxygen atoms in total. The first-order chi connectivity index (χ1) is 15.0. The number of carbonyl (C=O) groups excluding carboxylic acids is 2. The summed E-state index contributed by atoms with van der Waals surface area (Å²) in [7, 11) is 0. The molecular formula is C25H26N2O2S2. The number of thiocarbonyl (C=S) groups is 1. The van der Waals surface area contributed by atoms with Crippen molar-refractivity contribution in [3.8, 4) is 0 Å². The van der Waals surface area contributed by atoms with Gasteiger partial charge in [0.05, 0.1) is 11.4 Å². The average Bonchev–Trinajstić information content (AvgIpc) is 3.07. The molecule has 6 heteroatoms. The molecule has 0 aliphatic carbocycles. The number of hydrogen-bond acceptors (Lipinski definition) is 4. The van der Waals surface area contributed by atoms with E-state index in [1.54, 1.807) is 4.90 Å². The molecule has 4 rings (SSSR count). The zero-order valence-electron chi connectivity index (χ0n) is 17.6. The molecule has 2 heterocycles. The number of carbonyl (C=O) groups is 2. The van der Waals surface area contributed by atoms with Crippen LogP contribution in [0.1, 0.15) is 30.9 Å². The van der Waals surface area contributed by atoms with Gasteiger partial charge in [0.1, 0.15) is 4.32 Å². The molecule has 0 saturated carbocycles. The van der Waals surface area contributed by atoms with Crippen molar-refractivity contribution in [2.45, 2.75) is 32.7 Å². The molecule has 2 aromatic rings. The number of amides is 2. The van der Waals surface area contributed by atoms with E-state index in [0.717, 1.165) is 37.1 Å². The monoisotopic (exact) mass is 450 g/mol. The summed E-state index contributed by atoms with van der Waals surface area (Å²) in [5.41, 5.74) is 2.60. The third-order valence-electron chi connectivity index (χ3n) is 5.86. The van der Waals surface area contributed by atoms with E-state index in [1.165, 1.54) is 11.8 Å². The highest BCUT2D eigenvalue weighted by atomic mass is 32.2. The Morgan fingerprint density at radius 2 is 1.58 bits per heavy atom. The van der Waals surface area contributed by atoms with E-state index in [1.807, 2.05) is 65.6 Å². The Balaban J connectivity index is 1.65. The lowest BCUT2D eigenvalue weighted by molar-refractivity contribution is -0.129. The lowest BCUT2D eigenvalue weighted by atomic mass is 9.97. The SMILES string of the molecule is CC1CCN(C(=O)/C(Cc2ccccc2)=C2/SC(=S)N(Cc3ccccc3)C2=O)CC1. The van der Waals surface area contributed by atoms with Crippen molar-refractivity contribution in [2.75, 3.05) is 13.1 Å². The normalized spacial score (nSPS) is 19.1. The van der Waals surface area contributed by atoms with Gasteiger partial charge >= 0.3 is 0 Å². The van der Waals surface area contributed by atoms with Crippen molar-refractivity contribution in [1.29, 1.82) is 0 Å². The topological polar surface area (TPSA) is 40.6 Å². The van der Waals surface area contributed by atoms with E-state index in [2.05, 4.69) is 6.92 Å². The van der Waals surface area contributed by atoms with Crippen molar-refractivity contribution >= 4 is 40.1 Å². The number of benzene rings is 2. The smallest absolute Gasteiger partial charge is 0.266 e. The first-order valence-electron chi connectivity index (χ1n) is 10.7. The maximum absolute atomic E-state index is 13.6. The molecule has 0 N–H and O–H groups in total. The van der Waals surface area contributed by atoms with Gasteiger partial charge in [-0.25, -0.2) is 0 Å². The van der Waals surface area contributed by atoms with Gasteiger partial charge in [0.25, 0.3) is 11.8 Å². The highest BCUT2D eigenvalue weighted by Crippen LogP contribution is 2.36. The fourth-order valence-corrected chi connectivity index (χ4v) is 5.25. The molecular weight excluding hydrogens is 424 g/mol. The molecule has 2 aliphatic rings. The molecule has 0 radical (unpaired) electrons. The van der Waals surface area contributed by atoms with Gasteiger partial charge in [-0.2, -0.15) is 0 Å². The van der Waals surface area contributed by atoms with Crippen LogP contribution in [0.25, 0.3) is 0 Å². The van der Waals surface area contributed by atoms with Gasteiger partial charge in [0, 0.05) is 25.1 Å². The van der Waals surface area contributed by atoms with Gasteiger partial charge in [-0.1, -0.05) is 91.6 Å². The Morgan fingerprint density at radius 3 is 2.19 bits per heavy atom. The summed E-state index contributed by atoms with van der Waals surface area (Å²) < 4.78 is 0.509. The molecule has 2 aromatic carbocycles. The van der Waals surface area contributed by atoms with Crippen LogP contribution in [0.5, 0.6) is 0 Å².